The van der Waals surface area contributed by atoms with Crippen LogP contribution in [0.15, 0.2) is 35.4 Å². The summed E-state index contributed by atoms with van der Waals surface area (Å²) in [6, 6.07) is 8.11. The minimum atomic E-state index is 0.127. The zero-order chi connectivity index (χ0) is 15.5. The van der Waals surface area contributed by atoms with Crippen molar-refractivity contribution in [1.82, 2.24) is 19.9 Å². The Kier molecular flexibility index (Phi) is 4.06. The van der Waals surface area contributed by atoms with E-state index in [0.29, 0.717) is 23.7 Å². The van der Waals surface area contributed by atoms with Crippen molar-refractivity contribution < 1.29 is 4.74 Å². The number of ether oxygens (including phenoxy) is 1. The fourth-order valence-electron chi connectivity index (χ4n) is 2.06. The zero-order valence-electron chi connectivity index (χ0n) is 12.3. The van der Waals surface area contributed by atoms with E-state index in [0.717, 1.165) is 16.2 Å². The Labute approximate surface area is 132 Å². The molecule has 3 rings (SSSR count). The van der Waals surface area contributed by atoms with Gasteiger partial charge < -0.3 is 10.5 Å². The van der Waals surface area contributed by atoms with Gasteiger partial charge in [-0.25, -0.2) is 9.97 Å². The summed E-state index contributed by atoms with van der Waals surface area (Å²) in [6.45, 7) is 2.35. The van der Waals surface area contributed by atoms with E-state index in [9.17, 15) is 0 Å². The molecule has 2 N–H and O–H groups in total. The molecular weight excluding hydrogens is 298 g/mol. The molecule has 0 fully saturated rings. The molecule has 0 bridgehead atoms. The fourth-order valence-corrected chi connectivity index (χ4v) is 2.52. The molecule has 0 amide bonds. The van der Waals surface area contributed by atoms with Crippen LogP contribution in [0.2, 0.25) is 0 Å². The summed E-state index contributed by atoms with van der Waals surface area (Å²) in [6.07, 6.45) is 3.72. The molecular formula is C15H15N5OS. The molecule has 3 aromatic rings. The van der Waals surface area contributed by atoms with E-state index >= 15 is 0 Å². The summed E-state index contributed by atoms with van der Waals surface area (Å²) in [5.74, 6) is 0.489. The van der Waals surface area contributed by atoms with Crippen LogP contribution >= 0.6 is 11.8 Å². The Morgan fingerprint density at radius 1 is 1.23 bits per heavy atom. The maximum absolute atomic E-state index is 5.67. The smallest absolute Gasteiger partial charge is 0.247 e. The van der Waals surface area contributed by atoms with Crippen LogP contribution < -0.4 is 10.5 Å². The molecule has 0 aliphatic carbocycles. The van der Waals surface area contributed by atoms with Gasteiger partial charge in [-0.05, 0) is 25.3 Å². The van der Waals surface area contributed by atoms with Crippen LogP contribution in [-0.2, 0) is 0 Å². The molecule has 0 saturated heterocycles. The van der Waals surface area contributed by atoms with Crippen molar-refractivity contribution in [1.29, 1.82) is 0 Å². The summed E-state index contributed by atoms with van der Waals surface area (Å²) >= 11 is 1.68. The molecule has 112 valence electrons. The number of anilines is 1. The van der Waals surface area contributed by atoms with Crippen molar-refractivity contribution in [2.75, 3.05) is 18.6 Å². The summed E-state index contributed by atoms with van der Waals surface area (Å²) in [4.78, 5) is 18.3. The fraction of sp³-hybridized carbons (Fsp3) is 0.200. The Balaban J connectivity index is 2.15. The van der Waals surface area contributed by atoms with Crippen molar-refractivity contribution in [3.05, 3.63) is 30.5 Å². The molecule has 22 heavy (non-hydrogen) atoms. The second kappa shape index (κ2) is 6.15. The number of benzene rings is 1. The van der Waals surface area contributed by atoms with E-state index in [1.165, 1.54) is 0 Å². The molecule has 0 aliphatic heterocycles. The third-order valence-corrected chi connectivity index (χ3v) is 3.76. The number of nitrogen functional groups attached to an aromatic ring is 1. The topological polar surface area (TPSA) is 86.8 Å². The van der Waals surface area contributed by atoms with Crippen LogP contribution in [0.25, 0.3) is 22.4 Å². The number of thioether (sulfide) groups is 1. The Hall–Kier alpha value is -2.41. The van der Waals surface area contributed by atoms with Crippen molar-refractivity contribution in [2.24, 2.45) is 0 Å². The lowest BCUT2D eigenvalue weighted by Crippen LogP contribution is -2.04. The molecule has 0 saturated carbocycles. The predicted molar refractivity (Wildman–Crippen MR) is 87.9 cm³/mol. The van der Waals surface area contributed by atoms with Crippen LogP contribution in [0.3, 0.4) is 0 Å². The highest BCUT2D eigenvalue weighted by Crippen LogP contribution is 2.26. The van der Waals surface area contributed by atoms with Crippen LogP contribution in [0.4, 0.5) is 5.95 Å². The number of hydrogen-bond donors (Lipinski definition) is 1. The molecule has 1 aromatic carbocycles. The van der Waals surface area contributed by atoms with Gasteiger partial charge in [0.2, 0.25) is 11.8 Å². The molecule has 6 nitrogen and oxygen atoms in total. The maximum Gasteiger partial charge on any atom is 0.247 e. The van der Waals surface area contributed by atoms with Gasteiger partial charge >= 0.3 is 0 Å². The Morgan fingerprint density at radius 3 is 2.86 bits per heavy atom. The average Bonchev–Trinajstić information content (AvgIpc) is 2.55. The highest BCUT2D eigenvalue weighted by atomic mass is 32.2. The van der Waals surface area contributed by atoms with Gasteiger partial charge in [0.05, 0.1) is 18.5 Å². The second-order valence-electron chi connectivity index (χ2n) is 4.48. The van der Waals surface area contributed by atoms with E-state index in [4.69, 9.17) is 10.5 Å². The van der Waals surface area contributed by atoms with Crippen molar-refractivity contribution in [2.45, 2.75) is 11.8 Å². The predicted octanol–water partition coefficient (Wildman–Crippen LogP) is 2.79. The lowest BCUT2D eigenvalue weighted by Gasteiger charge is -2.08. The highest BCUT2D eigenvalue weighted by molar-refractivity contribution is 7.98. The number of fused-ring (bicyclic) bond motifs is 1. The molecule has 7 heteroatoms. The first-order valence-electron chi connectivity index (χ1n) is 6.78. The first kappa shape index (κ1) is 14.5. The first-order valence-corrected chi connectivity index (χ1v) is 8.01. The Morgan fingerprint density at radius 2 is 2.09 bits per heavy atom. The number of nitrogens with two attached hydrogens (primary N) is 1. The summed E-state index contributed by atoms with van der Waals surface area (Å²) < 4.78 is 5.50. The number of aromatic nitrogens is 4. The standard InChI is InChI=1S/C15H15N5OS/c1-3-21-14-12-13(19-15(16)20-14)17-8-11(18-12)9-5-4-6-10(7-9)22-2/h4-8H,3H2,1-2H3,(H2,16,17,19,20). The van der Waals surface area contributed by atoms with Gasteiger partial charge in [-0.1, -0.05) is 12.1 Å². The van der Waals surface area contributed by atoms with E-state index in [-0.39, 0.29) is 5.95 Å². The second-order valence-corrected chi connectivity index (χ2v) is 5.36. The summed E-state index contributed by atoms with van der Waals surface area (Å²) in [5.41, 5.74) is 8.35. The molecule has 0 spiro atoms. The van der Waals surface area contributed by atoms with Gasteiger partial charge in [0.1, 0.15) is 0 Å². The molecule has 2 heterocycles. The molecule has 0 atom stereocenters. The van der Waals surface area contributed by atoms with E-state index in [1.54, 1.807) is 18.0 Å². The van der Waals surface area contributed by atoms with Crippen LogP contribution in [0, 0.1) is 0 Å². The summed E-state index contributed by atoms with van der Waals surface area (Å²) in [5, 5.41) is 0. The van der Waals surface area contributed by atoms with Crippen molar-refractivity contribution in [3.63, 3.8) is 0 Å². The van der Waals surface area contributed by atoms with Gasteiger partial charge in [0, 0.05) is 10.5 Å². The average molecular weight is 313 g/mol. The highest BCUT2D eigenvalue weighted by Gasteiger charge is 2.12. The third kappa shape index (κ3) is 2.80. The van der Waals surface area contributed by atoms with Crippen molar-refractivity contribution >= 4 is 28.9 Å². The van der Waals surface area contributed by atoms with Gasteiger partial charge in [-0.15, -0.1) is 11.8 Å². The zero-order valence-corrected chi connectivity index (χ0v) is 13.1. The van der Waals surface area contributed by atoms with Crippen LogP contribution in [-0.4, -0.2) is 32.8 Å². The van der Waals surface area contributed by atoms with E-state index in [1.807, 2.05) is 25.3 Å². The quantitative estimate of drug-likeness (QED) is 0.741. The van der Waals surface area contributed by atoms with Gasteiger partial charge in [-0.3, -0.25) is 0 Å². The lowest BCUT2D eigenvalue weighted by atomic mass is 10.1. The molecule has 2 aromatic heterocycles. The van der Waals surface area contributed by atoms with Crippen LogP contribution in [0.1, 0.15) is 6.92 Å². The minimum Gasteiger partial charge on any atom is -0.476 e. The van der Waals surface area contributed by atoms with Gasteiger partial charge in [-0.2, -0.15) is 9.97 Å². The van der Waals surface area contributed by atoms with E-state index < -0.39 is 0 Å². The maximum atomic E-state index is 5.67. The first-order chi connectivity index (χ1) is 10.7. The number of hydrogen-bond acceptors (Lipinski definition) is 7. The third-order valence-electron chi connectivity index (χ3n) is 3.04. The Bertz CT molecular complexity index is 824. The van der Waals surface area contributed by atoms with Crippen LogP contribution in [0.5, 0.6) is 5.88 Å². The normalized spacial score (nSPS) is 10.8. The molecule has 0 unspecified atom stereocenters. The van der Waals surface area contributed by atoms with Gasteiger partial charge in [0.15, 0.2) is 11.2 Å². The monoisotopic (exact) mass is 313 g/mol. The minimum absolute atomic E-state index is 0.127. The largest absolute Gasteiger partial charge is 0.476 e. The molecule has 0 aliphatic rings. The lowest BCUT2D eigenvalue weighted by molar-refractivity contribution is 0.330. The summed E-state index contributed by atoms with van der Waals surface area (Å²) in [7, 11) is 0. The number of nitrogens with zero attached hydrogens (tertiary/aromatic N) is 4. The number of rotatable bonds is 4. The van der Waals surface area contributed by atoms with E-state index in [2.05, 4.69) is 32.1 Å². The van der Waals surface area contributed by atoms with Gasteiger partial charge in [0.25, 0.3) is 0 Å². The molecule has 0 radical (unpaired) electrons. The van der Waals surface area contributed by atoms with Crippen molar-refractivity contribution in [3.8, 4) is 17.1 Å². The SMILES string of the molecule is CCOc1nc(N)nc2ncc(-c3cccc(SC)c3)nc12.